The predicted molar refractivity (Wildman–Crippen MR) is 122 cm³/mol. The van der Waals surface area contributed by atoms with Crippen molar-refractivity contribution in [2.24, 2.45) is 0 Å². The fourth-order valence-electron chi connectivity index (χ4n) is 3.01. The molecule has 1 aliphatic rings. The smallest absolute Gasteiger partial charge is 0.278 e. The van der Waals surface area contributed by atoms with Gasteiger partial charge >= 0.3 is 0 Å². The van der Waals surface area contributed by atoms with Gasteiger partial charge in [-0.15, -0.1) is 11.3 Å². The lowest BCUT2D eigenvalue weighted by Crippen LogP contribution is -2.36. The van der Waals surface area contributed by atoms with Crippen LogP contribution < -0.4 is 5.32 Å². The number of halogens is 1. The summed E-state index contributed by atoms with van der Waals surface area (Å²) in [6.07, 6.45) is 3.67. The molecular formula is C21H16ClN3O4S2. The molecule has 2 N–H and O–H groups in total. The monoisotopic (exact) mass is 473 g/mol. The minimum absolute atomic E-state index is 0.0285. The Morgan fingerprint density at radius 1 is 1.16 bits per heavy atom. The third-order valence-electron chi connectivity index (χ3n) is 4.53. The number of rotatable bonds is 4. The van der Waals surface area contributed by atoms with Crippen LogP contribution >= 0.6 is 22.9 Å². The number of aliphatic hydroxyl groups excluding tert-OH is 1. The molecule has 31 heavy (non-hydrogen) atoms. The lowest BCUT2D eigenvalue weighted by Gasteiger charge is -2.26. The number of benzene rings is 1. The number of anilines is 1. The Balaban J connectivity index is 1.62. The van der Waals surface area contributed by atoms with Gasteiger partial charge < -0.3 is 10.4 Å². The fraction of sp³-hybridized carbons (Fsp3) is 0.0476. The topological polar surface area (TPSA) is 99.6 Å². The second-order valence-electron chi connectivity index (χ2n) is 6.56. The first-order valence-corrected chi connectivity index (χ1v) is 11.6. The molecule has 0 aliphatic carbocycles. The number of nitrogens with zero attached hydrogens (tertiary/aromatic N) is 2. The van der Waals surface area contributed by atoms with Gasteiger partial charge in [0.2, 0.25) is 0 Å². The molecule has 0 unspecified atom stereocenters. The molecule has 0 saturated heterocycles. The third kappa shape index (κ3) is 4.07. The molecule has 2 aromatic heterocycles. The minimum atomic E-state index is -4.02. The van der Waals surface area contributed by atoms with Crippen molar-refractivity contribution in [3.05, 3.63) is 80.8 Å². The maximum Gasteiger partial charge on any atom is 0.278 e. The summed E-state index contributed by atoms with van der Waals surface area (Å²) in [6, 6.07) is 16.0. The summed E-state index contributed by atoms with van der Waals surface area (Å²) >= 11 is 6.81. The first kappa shape index (κ1) is 21.1. The molecular weight excluding hydrogens is 458 g/mol. The van der Waals surface area contributed by atoms with Crippen LogP contribution in [0.15, 0.2) is 65.2 Å². The van der Waals surface area contributed by atoms with E-state index in [1.54, 1.807) is 24.3 Å². The highest BCUT2D eigenvalue weighted by Crippen LogP contribution is 2.41. The fourth-order valence-corrected chi connectivity index (χ4v) is 5.96. The van der Waals surface area contributed by atoms with Crippen molar-refractivity contribution < 1.29 is 18.3 Å². The van der Waals surface area contributed by atoms with E-state index >= 15 is 0 Å². The maximum absolute atomic E-state index is 12.9. The zero-order valence-electron chi connectivity index (χ0n) is 16.1. The number of thiophene rings is 1. The molecule has 7 nitrogen and oxygen atoms in total. The van der Waals surface area contributed by atoms with Crippen LogP contribution in [0.2, 0.25) is 4.34 Å². The maximum atomic E-state index is 12.9. The Hall–Kier alpha value is -3.14. The lowest BCUT2D eigenvalue weighted by atomic mass is 10.2. The summed E-state index contributed by atoms with van der Waals surface area (Å²) in [4.78, 5) is 17.1. The third-order valence-corrected chi connectivity index (χ3v) is 7.72. The standard InChI is InChI=1S/C21H16ClN3O4S2/c1-25-18(19(26)20-15(31(25,28)29)12-16(22)30-20)21(27)24-17-9-5-8-14(23-17)11-10-13-6-3-2-4-7-13/h2-12,26H,1H3,(H,23,24,27)/b11-10+. The molecule has 0 bridgehead atoms. The van der Waals surface area contributed by atoms with Gasteiger partial charge in [-0.1, -0.05) is 54.1 Å². The molecule has 1 aliphatic heterocycles. The highest BCUT2D eigenvalue weighted by atomic mass is 35.5. The molecule has 0 atom stereocenters. The van der Waals surface area contributed by atoms with E-state index < -0.39 is 27.4 Å². The number of hydrogen-bond acceptors (Lipinski definition) is 6. The summed E-state index contributed by atoms with van der Waals surface area (Å²) in [6.45, 7) is 0. The Labute approximate surface area is 188 Å². The molecule has 3 heterocycles. The number of likely N-dealkylation sites (N-methyl/N-ethyl adjacent to an activating group) is 1. The van der Waals surface area contributed by atoms with Crippen LogP contribution in [0.25, 0.3) is 17.9 Å². The molecule has 0 spiro atoms. The van der Waals surface area contributed by atoms with Crippen molar-refractivity contribution in [1.29, 1.82) is 0 Å². The Kier molecular flexibility index (Phi) is 5.57. The van der Waals surface area contributed by atoms with Crippen LogP contribution in [0.4, 0.5) is 5.82 Å². The highest BCUT2D eigenvalue weighted by molar-refractivity contribution is 7.89. The molecule has 4 rings (SSSR count). The number of hydrogen-bond donors (Lipinski definition) is 2. The first-order valence-electron chi connectivity index (χ1n) is 9.01. The number of aliphatic hydroxyl groups is 1. The van der Waals surface area contributed by atoms with E-state index in [0.717, 1.165) is 21.2 Å². The Bertz CT molecular complexity index is 1330. The summed E-state index contributed by atoms with van der Waals surface area (Å²) in [5.41, 5.74) is 1.18. The number of amides is 1. The SMILES string of the molecule is CN1C(C(=O)Nc2cccc(/C=C/c3ccccc3)n2)=C(O)c2sc(Cl)cc2S1(=O)=O. The van der Waals surface area contributed by atoms with Crippen LogP contribution in [0.5, 0.6) is 0 Å². The van der Waals surface area contributed by atoms with Gasteiger partial charge in [-0.25, -0.2) is 13.4 Å². The minimum Gasteiger partial charge on any atom is -0.504 e. The van der Waals surface area contributed by atoms with E-state index in [9.17, 15) is 18.3 Å². The molecule has 1 amide bonds. The van der Waals surface area contributed by atoms with E-state index in [4.69, 9.17) is 11.6 Å². The van der Waals surface area contributed by atoms with E-state index in [2.05, 4.69) is 10.3 Å². The van der Waals surface area contributed by atoms with Gasteiger partial charge in [0.15, 0.2) is 11.5 Å². The summed E-state index contributed by atoms with van der Waals surface area (Å²) in [5, 5.41) is 13.1. The van der Waals surface area contributed by atoms with Crippen LogP contribution in [-0.4, -0.2) is 35.8 Å². The first-order chi connectivity index (χ1) is 14.8. The van der Waals surface area contributed by atoms with Crippen molar-refractivity contribution in [1.82, 2.24) is 9.29 Å². The van der Waals surface area contributed by atoms with Crippen molar-refractivity contribution in [3.63, 3.8) is 0 Å². The second kappa shape index (κ2) is 8.18. The molecule has 158 valence electrons. The summed E-state index contributed by atoms with van der Waals surface area (Å²) in [5.74, 6) is -1.06. The van der Waals surface area contributed by atoms with Gasteiger partial charge in [0.1, 0.15) is 10.7 Å². The summed E-state index contributed by atoms with van der Waals surface area (Å²) < 4.78 is 26.4. The molecule has 0 fully saturated rings. The van der Waals surface area contributed by atoms with Crippen molar-refractivity contribution >= 4 is 62.6 Å². The van der Waals surface area contributed by atoms with E-state index in [1.165, 1.54) is 13.1 Å². The molecule has 3 aromatic rings. The average Bonchev–Trinajstić information content (AvgIpc) is 3.15. The zero-order chi connectivity index (χ0) is 22.2. The van der Waals surface area contributed by atoms with Gasteiger partial charge in [-0.3, -0.25) is 9.10 Å². The molecule has 10 heteroatoms. The quantitative estimate of drug-likeness (QED) is 0.582. The number of sulfonamides is 1. The van der Waals surface area contributed by atoms with Crippen LogP contribution in [0, 0.1) is 0 Å². The molecule has 0 saturated carbocycles. The van der Waals surface area contributed by atoms with Crippen LogP contribution in [0.3, 0.4) is 0 Å². The van der Waals surface area contributed by atoms with Crippen molar-refractivity contribution in [3.8, 4) is 0 Å². The van der Waals surface area contributed by atoms with Crippen LogP contribution in [0.1, 0.15) is 16.1 Å². The number of fused-ring (bicyclic) bond motifs is 1. The molecule has 1 aromatic carbocycles. The van der Waals surface area contributed by atoms with Crippen LogP contribution in [-0.2, 0) is 14.8 Å². The van der Waals surface area contributed by atoms with E-state index in [1.807, 2.05) is 36.4 Å². The van der Waals surface area contributed by atoms with Crippen molar-refractivity contribution in [2.45, 2.75) is 4.90 Å². The van der Waals surface area contributed by atoms with Gasteiger partial charge in [-0.05, 0) is 29.8 Å². The average molecular weight is 474 g/mol. The summed E-state index contributed by atoms with van der Waals surface area (Å²) in [7, 11) is -2.82. The van der Waals surface area contributed by atoms with E-state index in [0.29, 0.717) is 5.69 Å². The lowest BCUT2D eigenvalue weighted by molar-refractivity contribution is -0.113. The Morgan fingerprint density at radius 3 is 2.65 bits per heavy atom. The number of pyridine rings is 1. The number of nitrogens with one attached hydrogen (secondary N) is 1. The van der Waals surface area contributed by atoms with Gasteiger partial charge in [-0.2, -0.15) is 0 Å². The highest BCUT2D eigenvalue weighted by Gasteiger charge is 2.39. The second-order valence-corrected chi connectivity index (χ2v) is 10.2. The largest absolute Gasteiger partial charge is 0.504 e. The van der Waals surface area contributed by atoms with E-state index in [-0.39, 0.29) is 19.9 Å². The van der Waals surface area contributed by atoms with Gasteiger partial charge in [0, 0.05) is 7.05 Å². The molecule has 0 radical (unpaired) electrons. The normalized spacial score (nSPS) is 15.2. The van der Waals surface area contributed by atoms with Gasteiger partial charge in [0.25, 0.3) is 15.9 Å². The zero-order valence-corrected chi connectivity index (χ0v) is 18.5. The van der Waals surface area contributed by atoms with Gasteiger partial charge in [0.05, 0.1) is 14.9 Å². The number of carbonyl (C=O) groups is 1. The predicted octanol–water partition coefficient (Wildman–Crippen LogP) is 4.47. The number of aromatic nitrogens is 1. The van der Waals surface area contributed by atoms with Crippen molar-refractivity contribution in [2.75, 3.05) is 12.4 Å². The number of carbonyl (C=O) groups excluding carboxylic acids is 1. The Morgan fingerprint density at radius 2 is 1.90 bits per heavy atom.